The summed E-state index contributed by atoms with van der Waals surface area (Å²) in [5.41, 5.74) is -0.191. The van der Waals surface area contributed by atoms with Crippen LogP contribution < -0.4 is 5.32 Å². The summed E-state index contributed by atoms with van der Waals surface area (Å²) >= 11 is 0. The van der Waals surface area contributed by atoms with Crippen molar-refractivity contribution in [3.63, 3.8) is 0 Å². The first-order valence-corrected chi connectivity index (χ1v) is 7.96. The number of nitrogens with one attached hydrogen (secondary N) is 1. The zero-order chi connectivity index (χ0) is 15.5. The normalized spacial score (nSPS) is 24.2. The SMILES string of the molecule is CCC(CC)(CC)N1C(=O)C(CC(C)C)NC(=O)C1C. The van der Waals surface area contributed by atoms with Crippen LogP contribution in [0.4, 0.5) is 0 Å². The summed E-state index contributed by atoms with van der Waals surface area (Å²) < 4.78 is 0. The number of nitrogens with zero attached hydrogens (tertiary/aromatic N) is 1. The number of rotatable bonds is 6. The molecule has 1 fully saturated rings. The predicted molar refractivity (Wildman–Crippen MR) is 81.3 cm³/mol. The monoisotopic (exact) mass is 282 g/mol. The highest BCUT2D eigenvalue weighted by atomic mass is 16.2. The minimum atomic E-state index is -0.370. The van der Waals surface area contributed by atoms with Crippen molar-refractivity contribution < 1.29 is 9.59 Å². The molecule has 1 aliphatic rings. The van der Waals surface area contributed by atoms with E-state index in [0.717, 1.165) is 19.3 Å². The van der Waals surface area contributed by atoms with E-state index >= 15 is 0 Å². The molecule has 20 heavy (non-hydrogen) atoms. The molecule has 0 aromatic heterocycles. The van der Waals surface area contributed by atoms with Crippen molar-refractivity contribution in [2.75, 3.05) is 0 Å². The Morgan fingerprint density at radius 3 is 2.05 bits per heavy atom. The molecule has 2 unspecified atom stereocenters. The van der Waals surface area contributed by atoms with E-state index < -0.39 is 0 Å². The molecule has 0 aliphatic carbocycles. The highest BCUT2D eigenvalue weighted by molar-refractivity contribution is 5.97. The van der Waals surface area contributed by atoms with E-state index in [1.807, 2.05) is 11.8 Å². The lowest BCUT2D eigenvalue weighted by molar-refractivity contribution is -0.157. The van der Waals surface area contributed by atoms with Crippen LogP contribution in [-0.2, 0) is 9.59 Å². The third-order valence-corrected chi connectivity index (χ3v) is 4.81. The topological polar surface area (TPSA) is 49.4 Å². The summed E-state index contributed by atoms with van der Waals surface area (Å²) in [4.78, 5) is 27.0. The van der Waals surface area contributed by atoms with Crippen LogP contribution in [0.1, 0.15) is 67.2 Å². The molecular formula is C16H30N2O2. The average Bonchev–Trinajstić information content (AvgIpc) is 2.41. The third-order valence-electron chi connectivity index (χ3n) is 4.81. The molecule has 4 nitrogen and oxygen atoms in total. The quantitative estimate of drug-likeness (QED) is 0.814. The van der Waals surface area contributed by atoms with Crippen molar-refractivity contribution >= 4 is 11.8 Å². The van der Waals surface area contributed by atoms with Gasteiger partial charge in [-0.15, -0.1) is 0 Å². The van der Waals surface area contributed by atoms with Crippen LogP contribution in [-0.4, -0.2) is 34.3 Å². The molecule has 1 rings (SSSR count). The molecule has 0 aromatic rings. The Kier molecular flexibility index (Phi) is 5.60. The molecule has 0 radical (unpaired) electrons. The predicted octanol–water partition coefficient (Wildman–Crippen LogP) is 2.72. The summed E-state index contributed by atoms with van der Waals surface area (Å²) in [5.74, 6) is 0.463. The summed E-state index contributed by atoms with van der Waals surface area (Å²) in [7, 11) is 0. The summed E-state index contributed by atoms with van der Waals surface area (Å²) in [5, 5.41) is 2.89. The first-order valence-electron chi connectivity index (χ1n) is 7.96. The maximum Gasteiger partial charge on any atom is 0.246 e. The van der Waals surface area contributed by atoms with Crippen molar-refractivity contribution in [3.05, 3.63) is 0 Å². The van der Waals surface area contributed by atoms with Crippen molar-refractivity contribution in [2.24, 2.45) is 5.92 Å². The zero-order valence-electron chi connectivity index (χ0n) is 13.8. The molecular weight excluding hydrogens is 252 g/mol. The molecule has 0 saturated carbocycles. The number of carbonyl (C=O) groups is 2. The second-order valence-electron chi connectivity index (χ2n) is 6.36. The first-order chi connectivity index (χ1) is 9.32. The molecule has 2 atom stereocenters. The smallest absolute Gasteiger partial charge is 0.246 e. The van der Waals surface area contributed by atoms with E-state index in [2.05, 4.69) is 39.9 Å². The van der Waals surface area contributed by atoms with Gasteiger partial charge in [-0.1, -0.05) is 34.6 Å². The Balaban J connectivity index is 3.12. The molecule has 1 N–H and O–H groups in total. The molecule has 1 heterocycles. The maximum absolute atomic E-state index is 12.9. The van der Waals surface area contributed by atoms with Gasteiger partial charge in [0.25, 0.3) is 0 Å². The third kappa shape index (κ3) is 2.99. The maximum atomic E-state index is 12.9. The van der Waals surface area contributed by atoms with Gasteiger partial charge in [-0.05, 0) is 38.5 Å². The molecule has 0 aromatic carbocycles. The van der Waals surface area contributed by atoms with Crippen LogP contribution in [0.5, 0.6) is 0 Å². The van der Waals surface area contributed by atoms with Crippen molar-refractivity contribution in [3.8, 4) is 0 Å². The Labute approximate surface area is 123 Å². The van der Waals surface area contributed by atoms with Crippen molar-refractivity contribution in [1.82, 2.24) is 10.2 Å². The molecule has 116 valence electrons. The lowest BCUT2D eigenvalue weighted by Crippen LogP contribution is -2.68. The van der Waals surface area contributed by atoms with Gasteiger partial charge in [0.2, 0.25) is 11.8 Å². The second-order valence-corrected chi connectivity index (χ2v) is 6.36. The van der Waals surface area contributed by atoms with Gasteiger partial charge in [0, 0.05) is 5.54 Å². The number of amides is 2. The zero-order valence-corrected chi connectivity index (χ0v) is 13.8. The van der Waals surface area contributed by atoms with E-state index in [9.17, 15) is 9.59 Å². The van der Waals surface area contributed by atoms with Crippen LogP contribution in [0.3, 0.4) is 0 Å². The number of hydrogen-bond acceptors (Lipinski definition) is 2. The number of piperazine rings is 1. The fourth-order valence-electron chi connectivity index (χ4n) is 3.37. The van der Waals surface area contributed by atoms with E-state index in [0.29, 0.717) is 12.3 Å². The molecule has 0 bridgehead atoms. The molecule has 1 saturated heterocycles. The number of hydrogen-bond donors (Lipinski definition) is 1. The summed E-state index contributed by atoms with van der Waals surface area (Å²) in [6.07, 6.45) is 3.37. The summed E-state index contributed by atoms with van der Waals surface area (Å²) in [6, 6.07) is -0.728. The molecule has 1 aliphatic heterocycles. The van der Waals surface area contributed by atoms with E-state index in [1.165, 1.54) is 0 Å². The van der Waals surface area contributed by atoms with Crippen molar-refractivity contribution in [2.45, 2.75) is 84.8 Å². The van der Waals surface area contributed by atoms with Gasteiger partial charge < -0.3 is 10.2 Å². The molecule has 0 spiro atoms. The highest BCUT2D eigenvalue weighted by Gasteiger charge is 2.46. The highest BCUT2D eigenvalue weighted by Crippen LogP contribution is 2.32. The second kappa shape index (κ2) is 6.59. The Hall–Kier alpha value is -1.06. The van der Waals surface area contributed by atoms with Crippen LogP contribution in [0.2, 0.25) is 0 Å². The Bertz CT molecular complexity index is 353. The lowest BCUT2D eigenvalue weighted by atomic mass is 9.84. The summed E-state index contributed by atoms with van der Waals surface area (Å²) in [6.45, 7) is 12.3. The fourth-order valence-corrected chi connectivity index (χ4v) is 3.37. The van der Waals surface area contributed by atoms with Gasteiger partial charge in [0.05, 0.1) is 0 Å². The van der Waals surface area contributed by atoms with Crippen LogP contribution in [0.25, 0.3) is 0 Å². The minimum Gasteiger partial charge on any atom is -0.343 e. The Morgan fingerprint density at radius 1 is 1.15 bits per heavy atom. The van der Waals surface area contributed by atoms with Gasteiger partial charge in [-0.3, -0.25) is 9.59 Å². The van der Waals surface area contributed by atoms with E-state index in [-0.39, 0.29) is 29.4 Å². The van der Waals surface area contributed by atoms with Gasteiger partial charge in [0.15, 0.2) is 0 Å². The van der Waals surface area contributed by atoms with Gasteiger partial charge in [-0.2, -0.15) is 0 Å². The fraction of sp³-hybridized carbons (Fsp3) is 0.875. The molecule has 4 heteroatoms. The van der Waals surface area contributed by atoms with E-state index in [1.54, 1.807) is 0 Å². The van der Waals surface area contributed by atoms with Crippen LogP contribution in [0.15, 0.2) is 0 Å². The largest absolute Gasteiger partial charge is 0.343 e. The van der Waals surface area contributed by atoms with Gasteiger partial charge in [0.1, 0.15) is 12.1 Å². The minimum absolute atomic E-state index is 0.0185. The average molecular weight is 282 g/mol. The standard InChI is InChI=1S/C16H30N2O2/c1-7-16(8-2,9-3)18-12(6)14(19)17-13(15(18)20)10-11(4)5/h11-13H,7-10H2,1-6H3,(H,17,19). The molecule has 2 amide bonds. The number of carbonyl (C=O) groups excluding carboxylic acids is 2. The van der Waals surface area contributed by atoms with Crippen LogP contribution >= 0.6 is 0 Å². The lowest BCUT2D eigenvalue weighted by Gasteiger charge is -2.49. The first kappa shape index (κ1) is 17.0. The van der Waals surface area contributed by atoms with Crippen LogP contribution in [0, 0.1) is 5.92 Å². The Morgan fingerprint density at radius 2 is 1.65 bits per heavy atom. The van der Waals surface area contributed by atoms with Gasteiger partial charge in [-0.25, -0.2) is 0 Å². The van der Waals surface area contributed by atoms with Crippen molar-refractivity contribution in [1.29, 1.82) is 0 Å². The van der Waals surface area contributed by atoms with Gasteiger partial charge >= 0.3 is 0 Å². The van der Waals surface area contributed by atoms with E-state index in [4.69, 9.17) is 0 Å².